The molecule has 1 aromatic heterocycles. The molecule has 26 heavy (non-hydrogen) atoms. The average Bonchev–Trinajstić information content (AvgIpc) is 3.41. The maximum atomic E-state index is 14.1. The molecule has 136 valence electrons. The summed E-state index contributed by atoms with van der Waals surface area (Å²) in [7, 11) is 0. The predicted octanol–water partition coefficient (Wildman–Crippen LogP) is 3.35. The maximum absolute atomic E-state index is 14.1. The molecule has 1 aromatic carbocycles. The van der Waals surface area contributed by atoms with E-state index in [2.05, 4.69) is 10.2 Å². The Bertz CT molecular complexity index is 827. The Morgan fingerprint density at radius 2 is 2.19 bits per heavy atom. The van der Waals surface area contributed by atoms with Crippen LogP contribution < -0.4 is 4.90 Å². The van der Waals surface area contributed by atoms with Crippen molar-refractivity contribution in [3.8, 4) is 6.07 Å². The number of rotatable bonds is 8. The number of thioether (sulfide) groups is 1. The molecule has 0 atom stereocenters. The number of carbonyl (C=O) groups excluding carboxylic acids is 1. The van der Waals surface area contributed by atoms with E-state index in [0.29, 0.717) is 11.1 Å². The number of nitriles is 1. The largest absolute Gasteiger partial charge is 0.308 e. The Morgan fingerprint density at radius 1 is 1.42 bits per heavy atom. The molecular weight excluding hydrogens is 353 g/mol. The van der Waals surface area contributed by atoms with Gasteiger partial charge in [0.15, 0.2) is 5.16 Å². The summed E-state index contributed by atoms with van der Waals surface area (Å²) in [5.41, 5.74) is 0.198. The molecule has 1 aliphatic carbocycles. The summed E-state index contributed by atoms with van der Waals surface area (Å²) in [5, 5.41) is 18.0. The molecule has 0 radical (unpaired) electrons. The standard InChI is InChI=1S/C18H20FN5OS/c1-2-23-17(13-8-9-13)21-22-18(23)26-12-16(25)24(11-5-10-20)15-7-4-3-6-14(15)19/h3-4,6-7,13H,2,5,8-9,11-12H2,1H3. The van der Waals surface area contributed by atoms with Gasteiger partial charge < -0.3 is 9.47 Å². The summed E-state index contributed by atoms with van der Waals surface area (Å²) in [6.45, 7) is 2.94. The Kier molecular flexibility index (Phi) is 5.89. The van der Waals surface area contributed by atoms with Gasteiger partial charge in [0.1, 0.15) is 11.6 Å². The van der Waals surface area contributed by atoms with E-state index in [1.54, 1.807) is 18.2 Å². The first-order chi connectivity index (χ1) is 12.7. The van der Waals surface area contributed by atoms with Crippen LogP contribution in [0.1, 0.15) is 37.9 Å². The normalized spacial score (nSPS) is 13.4. The molecule has 1 aliphatic rings. The zero-order valence-electron chi connectivity index (χ0n) is 14.6. The van der Waals surface area contributed by atoms with E-state index in [1.807, 2.05) is 17.6 Å². The van der Waals surface area contributed by atoms with Gasteiger partial charge in [-0.05, 0) is 31.9 Å². The number of amides is 1. The van der Waals surface area contributed by atoms with Crippen molar-refractivity contribution in [2.45, 2.75) is 43.8 Å². The number of carbonyl (C=O) groups is 1. The van der Waals surface area contributed by atoms with E-state index in [4.69, 9.17) is 5.26 Å². The summed E-state index contributed by atoms with van der Waals surface area (Å²) < 4.78 is 16.1. The van der Waals surface area contributed by atoms with Crippen LogP contribution in [0.25, 0.3) is 0 Å². The molecule has 2 aromatic rings. The zero-order valence-corrected chi connectivity index (χ0v) is 15.4. The molecule has 1 saturated carbocycles. The maximum Gasteiger partial charge on any atom is 0.237 e. The Balaban J connectivity index is 1.72. The van der Waals surface area contributed by atoms with Gasteiger partial charge in [-0.25, -0.2) is 4.39 Å². The predicted molar refractivity (Wildman–Crippen MR) is 97.4 cm³/mol. The fourth-order valence-corrected chi connectivity index (χ4v) is 3.65. The van der Waals surface area contributed by atoms with Crippen LogP contribution >= 0.6 is 11.8 Å². The smallest absolute Gasteiger partial charge is 0.237 e. The van der Waals surface area contributed by atoms with Crippen molar-refractivity contribution in [1.82, 2.24) is 14.8 Å². The van der Waals surface area contributed by atoms with E-state index < -0.39 is 5.82 Å². The number of aromatic nitrogens is 3. The van der Waals surface area contributed by atoms with Crippen molar-refractivity contribution in [3.63, 3.8) is 0 Å². The van der Waals surface area contributed by atoms with E-state index in [9.17, 15) is 9.18 Å². The van der Waals surface area contributed by atoms with Crippen molar-refractivity contribution >= 4 is 23.4 Å². The fraction of sp³-hybridized carbons (Fsp3) is 0.444. The second kappa shape index (κ2) is 8.32. The van der Waals surface area contributed by atoms with Gasteiger partial charge in [-0.3, -0.25) is 4.79 Å². The first-order valence-corrected chi connectivity index (χ1v) is 9.62. The molecule has 6 nitrogen and oxygen atoms in total. The number of halogens is 1. The highest BCUT2D eigenvalue weighted by Crippen LogP contribution is 2.40. The molecule has 0 aliphatic heterocycles. The summed E-state index contributed by atoms with van der Waals surface area (Å²) in [6.07, 6.45) is 2.41. The highest BCUT2D eigenvalue weighted by atomic mass is 32.2. The molecule has 0 bridgehead atoms. The lowest BCUT2D eigenvalue weighted by Gasteiger charge is -2.22. The van der Waals surface area contributed by atoms with Gasteiger partial charge in [-0.2, -0.15) is 5.26 Å². The molecule has 1 fully saturated rings. The number of hydrogen-bond acceptors (Lipinski definition) is 5. The monoisotopic (exact) mass is 373 g/mol. The fourth-order valence-electron chi connectivity index (χ4n) is 2.76. The minimum Gasteiger partial charge on any atom is -0.308 e. The quantitative estimate of drug-likeness (QED) is 0.663. The van der Waals surface area contributed by atoms with Crippen LogP contribution in [0, 0.1) is 17.1 Å². The summed E-state index contributed by atoms with van der Waals surface area (Å²) in [4.78, 5) is 14.0. The summed E-state index contributed by atoms with van der Waals surface area (Å²) in [6, 6.07) is 8.12. The Hall–Kier alpha value is -2.40. The lowest BCUT2D eigenvalue weighted by atomic mass is 10.2. The van der Waals surface area contributed by atoms with Crippen LogP contribution in [0.3, 0.4) is 0 Å². The molecule has 0 spiro atoms. The minimum atomic E-state index is -0.475. The van der Waals surface area contributed by atoms with Crippen molar-refractivity contribution in [2.24, 2.45) is 0 Å². The first-order valence-electron chi connectivity index (χ1n) is 8.63. The minimum absolute atomic E-state index is 0.114. The summed E-state index contributed by atoms with van der Waals surface area (Å²) in [5.74, 6) is 0.851. The highest BCUT2D eigenvalue weighted by Gasteiger charge is 2.30. The van der Waals surface area contributed by atoms with Crippen molar-refractivity contribution < 1.29 is 9.18 Å². The highest BCUT2D eigenvalue weighted by molar-refractivity contribution is 7.99. The van der Waals surface area contributed by atoms with Gasteiger partial charge in [-0.15, -0.1) is 10.2 Å². The van der Waals surface area contributed by atoms with Crippen LogP contribution in [0.15, 0.2) is 29.4 Å². The van der Waals surface area contributed by atoms with Gasteiger partial charge in [-0.1, -0.05) is 23.9 Å². The molecular formula is C18H20FN5OS. The van der Waals surface area contributed by atoms with Crippen LogP contribution in [0.4, 0.5) is 10.1 Å². The molecule has 0 unspecified atom stereocenters. The molecule has 0 N–H and O–H groups in total. The van der Waals surface area contributed by atoms with Crippen molar-refractivity contribution in [1.29, 1.82) is 5.26 Å². The number of anilines is 1. The van der Waals surface area contributed by atoms with Crippen LogP contribution in [-0.4, -0.2) is 33.0 Å². The second-order valence-electron chi connectivity index (χ2n) is 6.05. The second-order valence-corrected chi connectivity index (χ2v) is 7.00. The lowest BCUT2D eigenvalue weighted by molar-refractivity contribution is -0.116. The first kappa shape index (κ1) is 18.4. The molecule has 3 rings (SSSR count). The van der Waals surface area contributed by atoms with E-state index in [1.165, 1.54) is 22.7 Å². The van der Waals surface area contributed by atoms with Gasteiger partial charge in [0, 0.05) is 19.0 Å². The van der Waals surface area contributed by atoms with E-state index in [-0.39, 0.29) is 30.3 Å². The lowest BCUT2D eigenvalue weighted by Crippen LogP contribution is -2.34. The third-order valence-electron chi connectivity index (χ3n) is 4.22. The van der Waals surface area contributed by atoms with Gasteiger partial charge in [0.2, 0.25) is 5.91 Å². The number of hydrogen-bond donors (Lipinski definition) is 0. The summed E-state index contributed by atoms with van der Waals surface area (Å²) >= 11 is 1.30. The Labute approximate surface area is 156 Å². The molecule has 1 amide bonds. The number of benzene rings is 1. The Morgan fingerprint density at radius 3 is 2.85 bits per heavy atom. The third-order valence-corrected chi connectivity index (χ3v) is 5.17. The van der Waals surface area contributed by atoms with Gasteiger partial charge in [0.25, 0.3) is 0 Å². The van der Waals surface area contributed by atoms with E-state index in [0.717, 1.165) is 25.2 Å². The number of nitrogens with zero attached hydrogens (tertiary/aromatic N) is 5. The van der Waals surface area contributed by atoms with Crippen LogP contribution in [0.5, 0.6) is 0 Å². The van der Waals surface area contributed by atoms with Crippen molar-refractivity contribution in [3.05, 3.63) is 35.9 Å². The topological polar surface area (TPSA) is 74.8 Å². The SMILES string of the molecule is CCn1c(SCC(=O)N(CCC#N)c2ccccc2F)nnc1C1CC1. The average molecular weight is 373 g/mol. The van der Waals surface area contributed by atoms with Gasteiger partial charge >= 0.3 is 0 Å². The number of para-hydroxylation sites is 1. The van der Waals surface area contributed by atoms with Gasteiger partial charge in [0.05, 0.1) is 23.9 Å². The van der Waals surface area contributed by atoms with E-state index >= 15 is 0 Å². The molecule has 1 heterocycles. The van der Waals surface area contributed by atoms with Crippen LogP contribution in [-0.2, 0) is 11.3 Å². The molecule has 8 heteroatoms. The zero-order chi connectivity index (χ0) is 18.5. The van der Waals surface area contributed by atoms with Crippen LogP contribution in [0.2, 0.25) is 0 Å². The molecule has 0 saturated heterocycles. The van der Waals surface area contributed by atoms with Crippen molar-refractivity contribution in [2.75, 3.05) is 17.2 Å². The third kappa shape index (κ3) is 4.05.